The van der Waals surface area contributed by atoms with E-state index in [0.717, 1.165) is 9.87 Å². The summed E-state index contributed by atoms with van der Waals surface area (Å²) in [6.07, 6.45) is 0.926. The minimum Gasteiger partial charge on any atom is -0.354 e. The number of carbonyl (C=O) groups excluding carboxylic acids is 2. The predicted molar refractivity (Wildman–Crippen MR) is 159 cm³/mol. The fourth-order valence-corrected chi connectivity index (χ4v) is 6.01. The molecule has 208 valence electrons. The fourth-order valence-electron chi connectivity index (χ4n) is 4.20. The van der Waals surface area contributed by atoms with Crippen molar-refractivity contribution in [1.82, 2.24) is 10.2 Å². The number of hydrogen-bond donors (Lipinski definition) is 1. The molecule has 0 unspecified atom stereocenters. The molecule has 3 rings (SSSR count). The van der Waals surface area contributed by atoms with Crippen molar-refractivity contribution in [2.75, 3.05) is 23.9 Å². The maximum atomic E-state index is 14.0. The topological polar surface area (TPSA) is 86.8 Å². The molecule has 3 aromatic rings. The van der Waals surface area contributed by atoms with Crippen LogP contribution in [0.2, 0.25) is 0 Å². The van der Waals surface area contributed by atoms with Crippen molar-refractivity contribution in [3.05, 3.63) is 95.0 Å². The third-order valence-corrected chi connectivity index (χ3v) is 8.54. The summed E-state index contributed by atoms with van der Waals surface area (Å²) in [5, 5.41) is 2.94. The number of nitrogens with zero attached hydrogens (tertiary/aromatic N) is 2. The van der Waals surface area contributed by atoms with Gasteiger partial charge in [0.25, 0.3) is 10.0 Å². The highest BCUT2D eigenvalue weighted by atomic mass is 79.9. The van der Waals surface area contributed by atoms with Gasteiger partial charge >= 0.3 is 0 Å². The van der Waals surface area contributed by atoms with Crippen LogP contribution in [0.5, 0.6) is 0 Å². The summed E-state index contributed by atoms with van der Waals surface area (Å²) in [5.74, 6) is -0.438. The number of nitrogens with one attached hydrogen (secondary N) is 1. The molecule has 0 bridgehead atoms. The van der Waals surface area contributed by atoms with E-state index >= 15 is 0 Å². The van der Waals surface area contributed by atoms with Crippen molar-refractivity contribution in [2.24, 2.45) is 5.92 Å². The zero-order valence-electron chi connectivity index (χ0n) is 22.6. The maximum Gasteiger partial charge on any atom is 0.264 e. The van der Waals surface area contributed by atoms with Crippen LogP contribution in [-0.4, -0.2) is 50.8 Å². The average Bonchev–Trinajstić information content (AvgIpc) is 2.93. The Morgan fingerprint density at radius 3 is 2.15 bits per heavy atom. The first kappa shape index (κ1) is 30.4. The van der Waals surface area contributed by atoms with E-state index in [9.17, 15) is 18.0 Å². The van der Waals surface area contributed by atoms with Crippen LogP contribution in [0.1, 0.15) is 32.8 Å². The van der Waals surface area contributed by atoms with Gasteiger partial charge in [0.05, 0.1) is 10.6 Å². The summed E-state index contributed by atoms with van der Waals surface area (Å²) >= 11 is 3.41. The van der Waals surface area contributed by atoms with E-state index in [1.165, 1.54) is 17.0 Å². The number of amides is 2. The Hall–Kier alpha value is -3.17. The lowest BCUT2D eigenvalue weighted by Crippen LogP contribution is -2.53. The Labute approximate surface area is 240 Å². The summed E-state index contributed by atoms with van der Waals surface area (Å²) in [6, 6.07) is 23.8. The van der Waals surface area contributed by atoms with Crippen molar-refractivity contribution >= 4 is 43.5 Å². The number of halogens is 1. The molecule has 0 heterocycles. The molecule has 2 amide bonds. The molecule has 0 aromatic heterocycles. The SMILES string of the molecule is CC[C@@H](C(=O)NCC(C)C)N(CCc1ccccc1)C(=O)CN(c1cccc(Br)c1)S(=O)(=O)c1ccccc1. The Morgan fingerprint density at radius 2 is 1.56 bits per heavy atom. The molecule has 1 atom stereocenters. The average molecular weight is 615 g/mol. The van der Waals surface area contributed by atoms with Gasteiger partial charge < -0.3 is 10.2 Å². The van der Waals surface area contributed by atoms with Crippen molar-refractivity contribution in [1.29, 1.82) is 0 Å². The summed E-state index contributed by atoms with van der Waals surface area (Å²) < 4.78 is 29.4. The molecule has 7 nitrogen and oxygen atoms in total. The number of hydrogen-bond acceptors (Lipinski definition) is 4. The molecule has 0 saturated heterocycles. The first-order valence-corrected chi connectivity index (χ1v) is 15.3. The summed E-state index contributed by atoms with van der Waals surface area (Å²) in [6.45, 7) is 6.18. The van der Waals surface area contributed by atoms with E-state index in [4.69, 9.17) is 0 Å². The van der Waals surface area contributed by atoms with Crippen LogP contribution < -0.4 is 9.62 Å². The lowest BCUT2D eigenvalue weighted by Gasteiger charge is -2.33. The van der Waals surface area contributed by atoms with Gasteiger partial charge in [-0.15, -0.1) is 0 Å². The normalized spacial score (nSPS) is 12.1. The van der Waals surface area contributed by atoms with Gasteiger partial charge in [0, 0.05) is 17.6 Å². The molecule has 0 saturated carbocycles. The zero-order chi connectivity index (χ0) is 28.4. The van der Waals surface area contributed by atoms with Crippen molar-refractivity contribution in [3.8, 4) is 0 Å². The van der Waals surface area contributed by atoms with Crippen LogP contribution in [0.25, 0.3) is 0 Å². The summed E-state index contributed by atoms with van der Waals surface area (Å²) in [5.41, 5.74) is 1.37. The van der Waals surface area contributed by atoms with Gasteiger partial charge in [0.15, 0.2) is 0 Å². The molecule has 0 radical (unpaired) electrons. The van der Waals surface area contributed by atoms with Gasteiger partial charge in [0.2, 0.25) is 11.8 Å². The number of sulfonamides is 1. The van der Waals surface area contributed by atoms with E-state index in [2.05, 4.69) is 21.2 Å². The van der Waals surface area contributed by atoms with Crippen LogP contribution in [0, 0.1) is 5.92 Å². The molecule has 9 heteroatoms. The molecule has 3 aromatic carbocycles. The van der Waals surface area contributed by atoms with Gasteiger partial charge in [0.1, 0.15) is 12.6 Å². The van der Waals surface area contributed by atoms with E-state index in [0.29, 0.717) is 29.5 Å². The molecule has 0 aliphatic rings. The van der Waals surface area contributed by atoms with E-state index in [1.807, 2.05) is 51.1 Å². The van der Waals surface area contributed by atoms with E-state index in [1.54, 1.807) is 42.5 Å². The minimum absolute atomic E-state index is 0.0790. The Balaban J connectivity index is 1.98. The van der Waals surface area contributed by atoms with E-state index < -0.39 is 28.5 Å². The quantitative estimate of drug-likeness (QED) is 0.285. The first-order chi connectivity index (χ1) is 18.6. The van der Waals surface area contributed by atoms with Gasteiger partial charge in [-0.3, -0.25) is 13.9 Å². The number of anilines is 1. The van der Waals surface area contributed by atoms with Gasteiger partial charge in [-0.05, 0) is 54.7 Å². The maximum absolute atomic E-state index is 14.0. The van der Waals surface area contributed by atoms with Crippen LogP contribution in [0.4, 0.5) is 5.69 Å². The highest BCUT2D eigenvalue weighted by Crippen LogP contribution is 2.27. The third-order valence-electron chi connectivity index (χ3n) is 6.26. The van der Waals surface area contributed by atoms with Crippen LogP contribution in [0.15, 0.2) is 94.3 Å². The molecule has 0 spiro atoms. The van der Waals surface area contributed by atoms with Crippen LogP contribution in [0.3, 0.4) is 0 Å². The molecule has 0 fully saturated rings. The van der Waals surface area contributed by atoms with Crippen LogP contribution in [-0.2, 0) is 26.0 Å². The molecule has 0 aliphatic heterocycles. The first-order valence-electron chi connectivity index (χ1n) is 13.1. The highest BCUT2D eigenvalue weighted by molar-refractivity contribution is 9.10. The number of carbonyl (C=O) groups is 2. The lowest BCUT2D eigenvalue weighted by molar-refractivity contribution is -0.139. The second-order valence-electron chi connectivity index (χ2n) is 9.69. The summed E-state index contributed by atoms with van der Waals surface area (Å²) in [7, 11) is -4.08. The molecule has 39 heavy (non-hydrogen) atoms. The van der Waals surface area contributed by atoms with E-state index in [-0.39, 0.29) is 23.3 Å². The van der Waals surface area contributed by atoms with Crippen molar-refractivity contribution < 1.29 is 18.0 Å². The van der Waals surface area contributed by atoms with Gasteiger partial charge in [-0.1, -0.05) is 91.3 Å². The Morgan fingerprint density at radius 1 is 0.923 bits per heavy atom. The van der Waals surface area contributed by atoms with Crippen molar-refractivity contribution in [2.45, 2.75) is 44.6 Å². The predicted octanol–water partition coefficient (Wildman–Crippen LogP) is 5.27. The second kappa shape index (κ2) is 14.3. The minimum atomic E-state index is -4.08. The Kier molecular flexibility index (Phi) is 11.1. The Bertz CT molecular complexity index is 1330. The zero-order valence-corrected chi connectivity index (χ0v) is 25.0. The molecule has 0 aliphatic carbocycles. The second-order valence-corrected chi connectivity index (χ2v) is 12.5. The van der Waals surface area contributed by atoms with Gasteiger partial charge in [-0.2, -0.15) is 0 Å². The lowest BCUT2D eigenvalue weighted by atomic mass is 10.1. The monoisotopic (exact) mass is 613 g/mol. The standard InChI is InChI=1S/C30H36BrN3O4S/c1-4-28(30(36)32-21-23(2)3)33(19-18-24-12-7-5-8-13-24)29(35)22-34(26-15-11-14-25(31)20-26)39(37,38)27-16-9-6-10-17-27/h5-17,20,23,28H,4,18-19,21-22H2,1-3H3,(H,32,36)/t28-/m0/s1. The number of rotatable bonds is 13. The molecular formula is C30H36BrN3O4S. The third kappa shape index (κ3) is 8.41. The van der Waals surface area contributed by atoms with Crippen molar-refractivity contribution in [3.63, 3.8) is 0 Å². The van der Waals surface area contributed by atoms with Gasteiger partial charge in [-0.25, -0.2) is 8.42 Å². The molecule has 1 N–H and O–H groups in total. The smallest absolute Gasteiger partial charge is 0.264 e. The summed E-state index contributed by atoms with van der Waals surface area (Å²) in [4.78, 5) is 28.8. The molecular weight excluding hydrogens is 578 g/mol. The fraction of sp³-hybridized carbons (Fsp3) is 0.333. The highest BCUT2D eigenvalue weighted by Gasteiger charge is 2.33. The van der Waals surface area contributed by atoms with Crippen LogP contribution >= 0.6 is 15.9 Å². The number of benzene rings is 3. The largest absolute Gasteiger partial charge is 0.354 e.